The SMILES string of the molecule is CCCCCCCCCCCCCC(N)=O.[HH]. The maximum Gasteiger partial charge on any atom is 0.217 e. The van der Waals surface area contributed by atoms with Crippen LogP contribution in [-0.4, -0.2) is 5.91 Å². The quantitative estimate of drug-likeness (QED) is 0.495. The number of amides is 1. The van der Waals surface area contributed by atoms with E-state index in [1.165, 1.54) is 64.2 Å². The normalized spacial score (nSPS) is 10.6. The summed E-state index contributed by atoms with van der Waals surface area (Å²) < 4.78 is 0. The molecular formula is C14H31NO. The fourth-order valence-electron chi connectivity index (χ4n) is 1.96. The average molecular weight is 229 g/mol. The second-order valence-corrected chi connectivity index (χ2v) is 4.75. The summed E-state index contributed by atoms with van der Waals surface area (Å²) in [6.45, 7) is 2.26. The fraction of sp³-hybridized carbons (Fsp3) is 0.929. The van der Waals surface area contributed by atoms with Crippen LogP contribution < -0.4 is 5.73 Å². The standard InChI is InChI=1S/C14H29NO.H2/c1-2-3-4-5-6-7-8-9-10-11-12-13-14(15)16;/h2-13H2,1H3,(H2,15,16);1H. The molecular weight excluding hydrogens is 198 g/mol. The summed E-state index contributed by atoms with van der Waals surface area (Å²) in [4.78, 5) is 10.5. The first-order chi connectivity index (χ1) is 7.77. The molecule has 16 heavy (non-hydrogen) atoms. The Balaban J connectivity index is 0. The zero-order chi connectivity index (χ0) is 12.1. The van der Waals surface area contributed by atoms with Gasteiger partial charge in [0.25, 0.3) is 0 Å². The molecule has 2 heteroatoms. The van der Waals surface area contributed by atoms with Crippen molar-refractivity contribution in [1.82, 2.24) is 0 Å². The Morgan fingerprint density at radius 2 is 1.19 bits per heavy atom. The molecule has 0 aromatic carbocycles. The van der Waals surface area contributed by atoms with Crippen LogP contribution in [0, 0.1) is 0 Å². The molecule has 0 heterocycles. The van der Waals surface area contributed by atoms with Gasteiger partial charge in [-0.25, -0.2) is 0 Å². The van der Waals surface area contributed by atoms with Crippen molar-refractivity contribution < 1.29 is 6.22 Å². The van der Waals surface area contributed by atoms with E-state index in [0.29, 0.717) is 6.42 Å². The lowest BCUT2D eigenvalue weighted by Gasteiger charge is -2.01. The third-order valence-corrected chi connectivity index (χ3v) is 3.03. The number of nitrogens with two attached hydrogens (primary N) is 1. The van der Waals surface area contributed by atoms with Gasteiger partial charge in [0, 0.05) is 7.85 Å². The van der Waals surface area contributed by atoms with Gasteiger partial charge in [-0.1, -0.05) is 71.1 Å². The highest BCUT2D eigenvalue weighted by atomic mass is 16.1. The number of unbranched alkanes of at least 4 members (excludes halogenated alkanes) is 10. The molecule has 0 spiro atoms. The molecule has 0 saturated carbocycles. The maximum absolute atomic E-state index is 10.5. The summed E-state index contributed by atoms with van der Waals surface area (Å²) in [6.07, 6.45) is 15.0. The highest BCUT2D eigenvalue weighted by Crippen LogP contribution is 2.11. The van der Waals surface area contributed by atoms with Gasteiger partial charge in [0.05, 0.1) is 0 Å². The van der Waals surface area contributed by atoms with Crippen molar-refractivity contribution in [2.24, 2.45) is 5.73 Å². The molecule has 0 aromatic rings. The molecule has 2 N–H and O–H groups in total. The average Bonchev–Trinajstić information content (AvgIpc) is 2.25. The van der Waals surface area contributed by atoms with Gasteiger partial charge in [0.2, 0.25) is 5.91 Å². The Morgan fingerprint density at radius 1 is 0.812 bits per heavy atom. The molecule has 0 unspecified atom stereocenters. The van der Waals surface area contributed by atoms with Gasteiger partial charge in [-0.05, 0) is 6.42 Å². The number of carbonyl (C=O) groups is 1. The molecule has 0 fully saturated rings. The van der Waals surface area contributed by atoms with Crippen molar-refractivity contribution in [3.05, 3.63) is 0 Å². The van der Waals surface area contributed by atoms with Gasteiger partial charge in [-0.3, -0.25) is 4.79 Å². The van der Waals surface area contributed by atoms with E-state index in [2.05, 4.69) is 6.92 Å². The van der Waals surface area contributed by atoms with E-state index in [4.69, 9.17) is 5.73 Å². The summed E-state index contributed by atoms with van der Waals surface area (Å²) in [5.41, 5.74) is 5.07. The third kappa shape index (κ3) is 13.5. The van der Waals surface area contributed by atoms with E-state index >= 15 is 0 Å². The van der Waals surface area contributed by atoms with Gasteiger partial charge in [-0.2, -0.15) is 0 Å². The van der Waals surface area contributed by atoms with Gasteiger partial charge in [-0.15, -0.1) is 0 Å². The van der Waals surface area contributed by atoms with E-state index in [1.807, 2.05) is 0 Å². The second kappa shape index (κ2) is 12.5. The van der Waals surface area contributed by atoms with Gasteiger partial charge < -0.3 is 5.73 Å². The molecule has 0 aliphatic rings. The minimum atomic E-state index is -0.157. The Kier molecular flexibility index (Phi) is 12.1. The summed E-state index contributed by atoms with van der Waals surface area (Å²) in [6, 6.07) is 0. The predicted octanol–water partition coefficient (Wildman–Crippen LogP) is 4.42. The number of hydrogen-bond donors (Lipinski definition) is 1. The van der Waals surface area contributed by atoms with Crippen molar-refractivity contribution in [3.63, 3.8) is 0 Å². The zero-order valence-corrected chi connectivity index (χ0v) is 11.0. The number of hydrogen-bond acceptors (Lipinski definition) is 1. The third-order valence-electron chi connectivity index (χ3n) is 3.03. The highest BCUT2D eigenvalue weighted by molar-refractivity contribution is 5.73. The van der Waals surface area contributed by atoms with Crippen molar-refractivity contribution in [1.29, 1.82) is 0 Å². The van der Waals surface area contributed by atoms with Crippen LogP contribution in [0.2, 0.25) is 0 Å². The molecule has 0 aliphatic heterocycles. The van der Waals surface area contributed by atoms with E-state index in [1.54, 1.807) is 0 Å². The lowest BCUT2D eigenvalue weighted by Crippen LogP contribution is -2.09. The molecule has 0 aromatic heterocycles. The highest BCUT2D eigenvalue weighted by Gasteiger charge is 1.95. The summed E-state index contributed by atoms with van der Waals surface area (Å²) >= 11 is 0. The van der Waals surface area contributed by atoms with Gasteiger partial charge >= 0.3 is 0 Å². The topological polar surface area (TPSA) is 43.1 Å². The van der Waals surface area contributed by atoms with Crippen LogP contribution in [0.1, 0.15) is 85.4 Å². The van der Waals surface area contributed by atoms with Gasteiger partial charge in [0.15, 0.2) is 0 Å². The first-order valence-electron chi connectivity index (χ1n) is 7.05. The lowest BCUT2D eigenvalue weighted by molar-refractivity contribution is -0.118. The molecule has 2 nitrogen and oxygen atoms in total. The Morgan fingerprint density at radius 3 is 1.56 bits per heavy atom. The van der Waals surface area contributed by atoms with Crippen molar-refractivity contribution in [2.75, 3.05) is 0 Å². The van der Waals surface area contributed by atoms with Crippen LogP contribution in [0.3, 0.4) is 0 Å². The van der Waals surface area contributed by atoms with Crippen molar-refractivity contribution in [2.45, 2.75) is 84.0 Å². The van der Waals surface area contributed by atoms with E-state index in [0.717, 1.165) is 6.42 Å². The Hall–Kier alpha value is -0.530. The summed E-state index contributed by atoms with van der Waals surface area (Å²) in [7, 11) is 0. The number of primary amides is 1. The zero-order valence-electron chi connectivity index (χ0n) is 11.0. The molecule has 0 saturated heterocycles. The fourth-order valence-corrected chi connectivity index (χ4v) is 1.96. The molecule has 1 amide bonds. The van der Waals surface area contributed by atoms with Crippen LogP contribution >= 0.6 is 0 Å². The largest absolute Gasteiger partial charge is 0.370 e. The molecule has 0 bridgehead atoms. The van der Waals surface area contributed by atoms with E-state index in [9.17, 15) is 4.79 Å². The summed E-state index contributed by atoms with van der Waals surface area (Å²) in [5, 5.41) is 0. The minimum Gasteiger partial charge on any atom is -0.370 e. The molecule has 98 valence electrons. The van der Waals surface area contributed by atoms with Crippen LogP contribution in [0.25, 0.3) is 0 Å². The first-order valence-corrected chi connectivity index (χ1v) is 7.05. The van der Waals surface area contributed by atoms with Crippen LogP contribution in [0.15, 0.2) is 0 Å². The lowest BCUT2D eigenvalue weighted by atomic mass is 10.1. The van der Waals surface area contributed by atoms with Crippen LogP contribution in [0.5, 0.6) is 0 Å². The van der Waals surface area contributed by atoms with Crippen LogP contribution in [-0.2, 0) is 4.79 Å². The molecule has 0 atom stereocenters. The Bertz CT molecular complexity index is 162. The van der Waals surface area contributed by atoms with Crippen molar-refractivity contribution in [3.8, 4) is 0 Å². The molecule has 0 radical (unpaired) electrons. The number of rotatable bonds is 12. The summed E-state index contributed by atoms with van der Waals surface area (Å²) in [5.74, 6) is -0.157. The Labute approximate surface area is 102 Å². The second-order valence-electron chi connectivity index (χ2n) is 4.75. The number of carbonyl (C=O) groups excluding carboxylic acids is 1. The van der Waals surface area contributed by atoms with Crippen LogP contribution in [0.4, 0.5) is 0 Å². The first kappa shape index (κ1) is 15.5. The van der Waals surface area contributed by atoms with E-state index < -0.39 is 0 Å². The minimum absolute atomic E-state index is 0. The molecule has 0 aliphatic carbocycles. The van der Waals surface area contributed by atoms with Gasteiger partial charge in [0.1, 0.15) is 0 Å². The smallest absolute Gasteiger partial charge is 0.217 e. The van der Waals surface area contributed by atoms with E-state index in [-0.39, 0.29) is 7.33 Å². The maximum atomic E-state index is 10.5. The molecule has 0 rings (SSSR count). The van der Waals surface area contributed by atoms with Crippen molar-refractivity contribution >= 4 is 5.91 Å². The predicted molar refractivity (Wildman–Crippen MR) is 72.4 cm³/mol. The monoisotopic (exact) mass is 229 g/mol.